The number of unbranched alkanes of at least 4 members (excludes halogenated alkanes) is 5. The second-order valence-electron chi connectivity index (χ2n) is 7.85. The topological polar surface area (TPSA) is 95.9 Å². The summed E-state index contributed by atoms with van der Waals surface area (Å²) >= 11 is 0. The lowest BCUT2D eigenvalue weighted by Gasteiger charge is -2.25. The molecule has 1 aromatic rings. The van der Waals surface area contributed by atoms with Crippen LogP contribution in [0.5, 0.6) is 0 Å². The minimum Gasteiger partial charge on any atom is -0.480 e. The Balaban J connectivity index is 1.82. The molecule has 2 rings (SSSR count). The van der Waals surface area contributed by atoms with Crippen LogP contribution in [0.25, 0.3) is 0 Å². The van der Waals surface area contributed by atoms with Crippen molar-refractivity contribution in [3.05, 3.63) is 35.9 Å². The number of carboxylic acids is 1. The molecule has 1 saturated heterocycles. The number of likely N-dealkylation sites (tertiary alicyclic amines) is 1. The van der Waals surface area contributed by atoms with Gasteiger partial charge in [0.25, 0.3) is 0 Å². The summed E-state index contributed by atoms with van der Waals surface area (Å²) in [7, 11) is 0. The maximum atomic E-state index is 12.7. The second kappa shape index (κ2) is 12.9. The van der Waals surface area contributed by atoms with Crippen molar-refractivity contribution >= 4 is 18.0 Å². The van der Waals surface area contributed by atoms with Gasteiger partial charge in [-0.25, -0.2) is 9.59 Å². The Labute approximate surface area is 178 Å². The van der Waals surface area contributed by atoms with Gasteiger partial charge in [0, 0.05) is 6.54 Å². The third-order valence-electron chi connectivity index (χ3n) is 5.46. The van der Waals surface area contributed by atoms with Crippen LogP contribution in [-0.2, 0) is 20.9 Å². The number of carbonyl (C=O) groups is 3. The predicted octanol–water partition coefficient (Wildman–Crippen LogP) is 4.11. The zero-order chi connectivity index (χ0) is 21.8. The van der Waals surface area contributed by atoms with E-state index < -0.39 is 30.1 Å². The van der Waals surface area contributed by atoms with Gasteiger partial charge >= 0.3 is 12.1 Å². The van der Waals surface area contributed by atoms with E-state index in [1.165, 1.54) is 17.7 Å². The SMILES string of the molecule is CCCCCCCC[C@H](NC(=O)[C@H]1CCCN1C(=O)OCc1ccccc1)C(=O)O. The van der Waals surface area contributed by atoms with Crippen LogP contribution in [0.3, 0.4) is 0 Å². The Kier molecular flexibility index (Phi) is 10.2. The van der Waals surface area contributed by atoms with Gasteiger partial charge in [0.05, 0.1) is 0 Å². The number of amides is 2. The Morgan fingerprint density at radius 3 is 2.53 bits per heavy atom. The Morgan fingerprint density at radius 1 is 1.13 bits per heavy atom. The van der Waals surface area contributed by atoms with Crippen molar-refractivity contribution in [2.75, 3.05) is 6.54 Å². The molecule has 7 nitrogen and oxygen atoms in total. The molecule has 0 saturated carbocycles. The maximum Gasteiger partial charge on any atom is 0.410 e. The molecule has 1 aromatic carbocycles. The minimum absolute atomic E-state index is 0.139. The molecule has 1 heterocycles. The Morgan fingerprint density at radius 2 is 1.83 bits per heavy atom. The Hall–Kier alpha value is -2.57. The van der Waals surface area contributed by atoms with E-state index in [-0.39, 0.29) is 6.61 Å². The van der Waals surface area contributed by atoms with Crippen molar-refractivity contribution in [1.82, 2.24) is 10.2 Å². The molecule has 1 fully saturated rings. The van der Waals surface area contributed by atoms with Gasteiger partial charge in [0.2, 0.25) is 5.91 Å². The number of aliphatic carboxylic acids is 1. The first kappa shape index (κ1) is 23.7. The Bertz CT molecular complexity index is 679. The highest BCUT2D eigenvalue weighted by atomic mass is 16.6. The van der Waals surface area contributed by atoms with Gasteiger partial charge in [0.1, 0.15) is 18.7 Å². The monoisotopic (exact) mass is 418 g/mol. The highest BCUT2D eigenvalue weighted by Gasteiger charge is 2.36. The molecule has 0 aliphatic carbocycles. The van der Waals surface area contributed by atoms with Gasteiger partial charge in [0.15, 0.2) is 0 Å². The molecule has 0 unspecified atom stereocenters. The summed E-state index contributed by atoms with van der Waals surface area (Å²) in [6.07, 6.45) is 7.37. The third kappa shape index (κ3) is 7.69. The average Bonchev–Trinajstić information content (AvgIpc) is 3.24. The summed E-state index contributed by atoms with van der Waals surface area (Å²) in [6.45, 7) is 2.72. The van der Waals surface area contributed by atoms with Crippen LogP contribution in [0.1, 0.15) is 70.3 Å². The highest BCUT2D eigenvalue weighted by molar-refractivity contribution is 5.89. The van der Waals surface area contributed by atoms with Crippen molar-refractivity contribution in [3.63, 3.8) is 0 Å². The average molecular weight is 419 g/mol. The van der Waals surface area contributed by atoms with Gasteiger partial charge in [-0.05, 0) is 24.8 Å². The zero-order valence-electron chi connectivity index (χ0n) is 17.8. The number of rotatable bonds is 12. The number of benzene rings is 1. The number of carboxylic acid groups (broad SMARTS) is 1. The van der Waals surface area contributed by atoms with Crippen LogP contribution in [0.4, 0.5) is 4.79 Å². The molecular formula is C23H34N2O5. The number of nitrogens with one attached hydrogen (secondary N) is 1. The van der Waals surface area contributed by atoms with Gasteiger partial charge < -0.3 is 15.2 Å². The van der Waals surface area contributed by atoms with Crippen LogP contribution in [0, 0.1) is 0 Å². The van der Waals surface area contributed by atoms with E-state index in [0.29, 0.717) is 25.8 Å². The standard InChI is InChI=1S/C23H34N2O5/c1-2-3-4-5-6-10-14-19(22(27)28)24-21(26)20-15-11-16-25(20)23(29)30-17-18-12-8-7-9-13-18/h7-9,12-13,19-20H,2-6,10-11,14-17H2,1H3,(H,24,26)(H,27,28)/t19-,20+/m0/s1. The van der Waals surface area contributed by atoms with Crippen molar-refractivity contribution in [1.29, 1.82) is 0 Å². The second-order valence-corrected chi connectivity index (χ2v) is 7.85. The molecule has 7 heteroatoms. The molecule has 0 spiro atoms. The molecule has 0 bridgehead atoms. The van der Waals surface area contributed by atoms with Crippen LogP contribution >= 0.6 is 0 Å². The van der Waals surface area contributed by atoms with Crippen molar-refractivity contribution in [2.24, 2.45) is 0 Å². The molecule has 1 aliphatic rings. The number of ether oxygens (including phenoxy) is 1. The number of nitrogens with zero attached hydrogens (tertiary/aromatic N) is 1. The lowest BCUT2D eigenvalue weighted by atomic mass is 10.1. The fourth-order valence-corrected chi connectivity index (χ4v) is 3.71. The van der Waals surface area contributed by atoms with E-state index in [1.54, 1.807) is 0 Å². The van der Waals surface area contributed by atoms with Crippen LogP contribution < -0.4 is 5.32 Å². The molecule has 30 heavy (non-hydrogen) atoms. The fourth-order valence-electron chi connectivity index (χ4n) is 3.71. The lowest BCUT2D eigenvalue weighted by Crippen LogP contribution is -2.50. The van der Waals surface area contributed by atoms with Crippen molar-refractivity contribution in [3.8, 4) is 0 Å². The number of hydrogen-bond donors (Lipinski definition) is 2. The highest BCUT2D eigenvalue weighted by Crippen LogP contribution is 2.20. The van der Waals surface area contributed by atoms with Gasteiger partial charge in [-0.3, -0.25) is 9.69 Å². The molecule has 2 N–H and O–H groups in total. The molecule has 0 aromatic heterocycles. The van der Waals surface area contributed by atoms with E-state index in [9.17, 15) is 19.5 Å². The summed E-state index contributed by atoms with van der Waals surface area (Å²) in [5.41, 5.74) is 0.871. The molecule has 1 aliphatic heterocycles. The lowest BCUT2D eigenvalue weighted by molar-refractivity contribution is -0.142. The smallest absolute Gasteiger partial charge is 0.410 e. The molecular weight excluding hydrogens is 384 g/mol. The first-order valence-electron chi connectivity index (χ1n) is 11.0. The largest absolute Gasteiger partial charge is 0.480 e. The van der Waals surface area contributed by atoms with Crippen LogP contribution in [0.2, 0.25) is 0 Å². The van der Waals surface area contributed by atoms with Crippen molar-refractivity contribution < 1.29 is 24.2 Å². The van der Waals surface area contributed by atoms with E-state index in [0.717, 1.165) is 31.2 Å². The number of carbonyl (C=O) groups excluding carboxylic acids is 2. The summed E-state index contributed by atoms with van der Waals surface area (Å²) in [6, 6.07) is 7.74. The predicted molar refractivity (Wildman–Crippen MR) is 114 cm³/mol. The first-order valence-corrected chi connectivity index (χ1v) is 11.0. The van der Waals surface area contributed by atoms with Crippen molar-refractivity contribution in [2.45, 2.75) is 83.4 Å². The van der Waals surface area contributed by atoms with Crippen LogP contribution in [0.15, 0.2) is 30.3 Å². The van der Waals surface area contributed by atoms with Crippen LogP contribution in [-0.4, -0.2) is 46.6 Å². The number of hydrogen-bond acceptors (Lipinski definition) is 4. The van der Waals surface area contributed by atoms with E-state index in [1.807, 2.05) is 30.3 Å². The third-order valence-corrected chi connectivity index (χ3v) is 5.46. The molecule has 2 amide bonds. The molecule has 0 radical (unpaired) electrons. The molecule has 2 atom stereocenters. The van der Waals surface area contributed by atoms with E-state index >= 15 is 0 Å². The normalized spacial score (nSPS) is 16.8. The van der Waals surface area contributed by atoms with Gasteiger partial charge in [-0.1, -0.05) is 75.8 Å². The first-order chi connectivity index (χ1) is 14.5. The van der Waals surface area contributed by atoms with E-state index in [4.69, 9.17) is 4.74 Å². The quantitative estimate of drug-likeness (QED) is 0.498. The minimum atomic E-state index is -1.03. The van der Waals surface area contributed by atoms with Gasteiger partial charge in [-0.2, -0.15) is 0 Å². The summed E-state index contributed by atoms with van der Waals surface area (Å²) in [4.78, 5) is 38.1. The zero-order valence-corrected chi connectivity index (χ0v) is 17.8. The van der Waals surface area contributed by atoms with Gasteiger partial charge in [-0.15, -0.1) is 0 Å². The fraction of sp³-hybridized carbons (Fsp3) is 0.609. The summed E-state index contributed by atoms with van der Waals surface area (Å²) < 4.78 is 5.35. The summed E-state index contributed by atoms with van der Waals surface area (Å²) in [5.74, 6) is -1.45. The summed E-state index contributed by atoms with van der Waals surface area (Å²) in [5, 5.41) is 12.1. The van der Waals surface area contributed by atoms with E-state index in [2.05, 4.69) is 12.2 Å². The molecule has 166 valence electrons. The maximum absolute atomic E-state index is 12.7.